The zero-order valence-corrected chi connectivity index (χ0v) is 13.8. The van der Waals surface area contributed by atoms with Gasteiger partial charge in [0.1, 0.15) is 5.75 Å². The first-order chi connectivity index (χ1) is 10.4. The maximum Gasteiger partial charge on any atom is 0.230 e. The van der Waals surface area contributed by atoms with Gasteiger partial charge in [-0.2, -0.15) is 0 Å². The SMILES string of the molecule is COc1ccc(CC(=O)Nc2nc(C)c(C(C)=O)s2)cc1C. The van der Waals surface area contributed by atoms with Crippen LogP contribution in [0.5, 0.6) is 5.75 Å². The fourth-order valence-electron chi connectivity index (χ4n) is 2.18. The summed E-state index contributed by atoms with van der Waals surface area (Å²) in [6.07, 6.45) is 0.249. The van der Waals surface area contributed by atoms with Crippen LogP contribution in [0.2, 0.25) is 0 Å². The van der Waals surface area contributed by atoms with Crippen molar-refractivity contribution in [3.8, 4) is 5.75 Å². The molecule has 0 spiro atoms. The predicted molar refractivity (Wildman–Crippen MR) is 86.9 cm³/mol. The number of thiazole rings is 1. The van der Waals surface area contributed by atoms with Crippen molar-refractivity contribution < 1.29 is 14.3 Å². The normalized spacial score (nSPS) is 10.4. The topological polar surface area (TPSA) is 68.3 Å². The predicted octanol–water partition coefficient (Wildman–Crippen LogP) is 3.15. The minimum Gasteiger partial charge on any atom is -0.496 e. The number of benzene rings is 1. The summed E-state index contributed by atoms with van der Waals surface area (Å²) < 4.78 is 5.20. The van der Waals surface area contributed by atoms with Gasteiger partial charge in [0, 0.05) is 6.92 Å². The van der Waals surface area contributed by atoms with Crippen LogP contribution in [0, 0.1) is 13.8 Å². The number of carbonyl (C=O) groups is 2. The van der Waals surface area contributed by atoms with Crippen LogP contribution in [0.25, 0.3) is 0 Å². The first-order valence-corrected chi connectivity index (χ1v) is 7.64. The summed E-state index contributed by atoms with van der Waals surface area (Å²) in [5, 5.41) is 3.20. The highest BCUT2D eigenvalue weighted by Gasteiger charge is 2.13. The molecule has 0 saturated heterocycles. The summed E-state index contributed by atoms with van der Waals surface area (Å²) in [7, 11) is 1.62. The highest BCUT2D eigenvalue weighted by molar-refractivity contribution is 7.17. The van der Waals surface area contributed by atoms with Crippen LogP contribution in [0.3, 0.4) is 0 Å². The fraction of sp³-hybridized carbons (Fsp3) is 0.312. The van der Waals surface area contributed by atoms with Gasteiger partial charge in [-0.1, -0.05) is 23.5 Å². The number of hydrogen-bond donors (Lipinski definition) is 1. The molecular weight excluding hydrogens is 300 g/mol. The second-order valence-corrected chi connectivity index (χ2v) is 6.02. The van der Waals surface area contributed by atoms with E-state index in [0.29, 0.717) is 15.7 Å². The Labute approximate surface area is 133 Å². The molecule has 0 saturated carbocycles. The van der Waals surface area contributed by atoms with E-state index in [2.05, 4.69) is 10.3 Å². The second-order valence-electron chi connectivity index (χ2n) is 5.02. The van der Waals surface area contributed by atoms with E-state index in [-0.39, 0.29) is 18.1 Å². The Morgan fingerprint density at radius 1 is 1.32 bits per heavy atom. The van der Waals surface area contributed by atoms with Crippen LogP contribution in [0.1, 0.15) is 33.4 Å². The Morgan fingerprint density at radius 3 is 2.59 bits per heavy atom. The van der Waals surface area contributed by atoms with Crippen molar-refractivity contribution in [2.75, 3.05) is 12.4 Å². The Kier molecular flexibility index (Phi) is 4.92. The number of Topliss-reactive ketones (excluding diaryl/α,β-unsaturated/α-hetero) is 1. The number of anilines is 1. The third-order valence-corrected chi connectivity index (χ3v) is 4.36. The van der Waals surface area contributed by atoms with Gasteiger partial charge in [0.05, 0.1) is 24.1 Å². The molecule has 0 aliphatic heterocycles. The van der Waals surface area contributed by atoms with E-state index >= 15 is 0 Å². The van der Waals surface area contributed by atoms with Crippen molar-refractivity contribution in [1.29, 1.82) is 0 Å². The number of methoxy groups -OCH3 is 1. The number of rotatable bonds is 5. The van der Waals surface area contributed by atoms with Gasteiger partial charge < -0.3 is 10.1 Å². The molecule has 0 radical (unpaired) electrons. The van der Waals surface area contributed by atoms with Gasteiger partial charge >= 0.3 is 0 Å². The third kappa shape index (κ3) is 3.71. The molecule has 2 rings (SSSR count). The summed E-state index contributed by atoms with van der Waals surface area (Å²) in [5.41, 5.74) is 2.53. The van der Waals surface area contributed by atoms with Crippen molar-refractivity contribution >= 4 is 28.2 Å². The largest absolute Gasteiger partial charge is 0.496 e. The van der Waals surface area contributed by atoms with Gasteiger partial charge in [-0.15, -0.1) is 0 Å². The van der Waals surface area contributed by atoms with Crippen molar-refractivity contribution in [3.05, 3.63) is 39.9 Å². The lowest BCUT2D eigenvalue weighted by atomic mass is 10.1. The Morgan fingerprint density at radius 2 is 2.05 bits per heavy atom. The van der Waals surface area contributed by atoms with Crippen LogP contribution < -0.4 is 10.1 Å². The third-order valence-electron chi connectivity index (χ3n) is 3.19. The summed E-state index contributed by atoms with van der Waals surface area (Å²) >= 11 is 1.20. The smallest absolute Gasteiger partial charge is 0.230 e. The molecular formula is C16H18N2O3S. The Hall–Kier alpha value is -2.21. The van der Waals surface area contributed by atoms with Crippen LogP contribution in [-0.2, 0) is 11.2 Å². The minimum absolute atomic E-state index is 0.0405. The van der Waals surface area contributed by atoms with E-state index in [4.69, 9.17) is 4.74 Å². The van der Waals surface area contributed by atoms with Gasteiger partial charge in [-0.25, -0.2) is 4.98 Å². The van der Waals surface area contributed by atoms with Crippen molar-refractivity contribution in [1.82, 2.24) is 4.98 Å². The molecule has 0 aliphatic carbocycles. The molecule has 0 unspecified atom stereocenters. The number of nitrogens with one attached hydrogen (secondary N) is 1. The van der Waals surface area contributed by atoms with Gasteiger partial charge in [0.2, 0.25) is 5.91 Å². The minimum atomic E-state index is -0.159. The van der Waals surface area contributed by atoms with Gasteiger partial charge in [0.15, 0.2) is 10.9 Å². The number of amides is 1. The van der Waals surface area contributed by atoms with Crippen LogP contribution in [-0.4, -0.2) is 23.8 Å². The van der Waals surface area contributed by atoms with E-state index in [9.17, 15) is 9.59 Å². The zero-order valence-electron chi connectivity index (χ0n) is 13.0. The molecule has 5 nitrogen and oxygen atoms in total. The van der Waals surface area contributed by atoms with E-state index in [1.807, 2.05) is 25.1 Å². The quantitative estimate of drug-likeness (QED) is 0.860. The number of hydrogen-bond acceptors (Lipinski definition) is 5. The van der Waals surface area contributed by atoms with Crippen molar-refractivity contribution in [2.45, 2.75) is 27.2 Å². The summed E-state index contributed by atoms with van der Waals surface area (Å²) in [6, 6.07) is 5.63. The Bertz CT molecular complexity index is 722. The molecule has 1 N–H and O–H groups in total. The molecule has 1 amide bonds. The summed E-state index contributed by atoms with van der Waals surface area (Å²) in [6.45, 7) is 5.19. The molecule has 0 bridgehead atoms. The van der Waals surface area contributed by atoms with E-state index in [0.717, 1.165) is 16.9 Å². The van der Waals surface area contributed by atoms with E-state index in [1.54, 1.807) is 14.0 Å². The van der Waals surface area contributed by atoms with E-state index < -0.39 is 0 Å². The molecule has 22 heavy (non-hydrogen) atoms. The lowest BCUT2D eigenvalue weighted by molar-refractivity contribution is -0.115. The van der Waals surface area contributed by atoms with Gasteiger partial charge in [-0.3, -0.25) is 9.59 Å². The molecule has 0 fully saturated rings. The summed E-state index contributed by atoms with van der Waals surface area (Å²) in [5.74, 6) is 0.598. The molecule has 0 aliphatic rings. The monoisotopic (exact) mass is 318 g/mol. The fourth-order valence-corrected chi connectivity index (χ4v) is 3.05. The molecule has 2 aromatic rings. The van der Waals surface area contributed by atoms with Gasteiger partial charge in [-0.05, 0) is 31.0 Å². The highest BCUT2D eigenvalue weighted by atomic mass is 32.1. The number of aromatic nitrogens is 1. The maximum atomic E-state index is 12.1. The lowest BCUT2D eigenvalue weighted by Gasteiger charge is -2.07. The first kappa shape index (κ1) is 16.2. The first-order valence-electron chi connectivity index (χ1n) is 6.82. The highest BCUT2D eigenvalue weighted by Crippen LogP contribution is 2.23. The molecule has 116 valence electrons. The maximum absolute atomic E-state index is 12.1. The van der Waals surface area contributed by atoms with Crippen LogP contribution >= 0.6 is 11.3 Å². The van der Waals surface area contributed by atoms with Crippen molar-refractivity contribution in [3.63, 3.8) is 0 Å². The van der Waals surface area contributed by atoms with Crippen molar-refractivity contribution in [2.24, 2.45) is 0 Å². The van der Waals surface area contributed by atoms with E-state index in [1.165, 1.54) is 18.3 Å². The number of ether oxygens (including phenoxy) is 1. The second kappa shape index (κ2) is 6.70. The molecule has 1 aromatic carbocycles. The lowest BCUT2D eigenvalue weighted by Crippen LogP contribution is -2.14. The number of carbonyl (C=O) groups excluding carboxylic acids is 2. The van der Waals surface area contributed by atoms with Crippen LogP contribution in [0.15, 0.2) is 18.2 Å². The average Bonchev–Trinajstić information content (AvgIpc) is 2.79. The van der Waals surface area contributed by atoms with Gasteiger partial charge in [0.25, 0.3) is 0 Å². The van der Waals surface area contributed by atoms with Crippen LogP contribution in [0.4, 0.5) is 5.13 Å². The zero-order chi connectivity index (χ0) is 16.3. The number of aryl methyl sites for hydroxylation is 2. The number of ketones is 1. The number of nitrogens with zero attached hydrogens (tertiary/aromatic N) is 1. The summed E-state index contributed by atoms with van der Waals surface area (Å²) in [4.78, 5) is 28.3. The Balaban J connectivity index is 2.05. The standard InChI is InChI=1S/C16H18N2O3S/c1-9-7-12(5-6-13(9)21-4)8-14(20)18-16-17-10(2)15(22-16)11(3)19/h5-7H,8H2,1-4H3,(H,17,18,20). The molecule has 1 heterocycles. The molecule has 1 aromatic heterocycles. The average molecular weight is 318 g/mol. The molecule has 0 atom stereocenters. The molecule has 6 heteroatoms.